The van der Waals surface area contributed by atoms with Crippen LogP contribution in [0, 0.1) is 0 Å². The lowest BCUT2D eigenvalue weighted by Gasteiger charge is -2.30. The van der Waals surface area contributed by atoms with E-state index in [0.29, 0.717) is 45.3 Å². The number of Topliss-reactive ketones (excluding diaryl/α,β-unsaturated/α-hetero) is 1. The quantitative estimate of drug-likeness (QED) is 0.684. The minimum atomic E-state index is -0.753. The van der Waals surface area contributed by atoms with E-state index in [1.54, 1.807) is 44.5 Å². The molecule has 2 aliphatic rings. The first-order chi connectivity index (χ1) is 15.4. The predicted octanol–water partition coefficient (Wildman–Crippen LogP) is 2.27. The molecule has 8 nitrogen and oxygen atoms in total. The molecule has 2 aromatic carbocycles. The van der Waals surface area contributed by atoms with Gasteiger partial charge in [0, 0.05) is 36.4 Å². The molecule has 2 heterocycles. The molecule has 1 unspecified atom stereocenters. The van der Waals surface area contributed by atoms with Crippen LogP contribution in [-0.2, 0) is 14.1 Å². The molecular weight excluding hydrogens is 410 g/mol. The Bertz CT molecular complexity index is 1460. The minimum Gasteiger partial charge on any atom is -0.497 e. The second kappa shape index (κ2) is 6.98. The first-order valence-electron chi connectivity index (χ1n) is 10.1. The third-order valence-electron chi connectivity index (χ3n) is 6.22. The van der Waals surface area contributed by atoms with Crippen molar-refractivity contribution in [2.75, 3.05) is 19.5 Å². The number of nitrogens with zero attached hydrogens (tertiary/aromatic N) is 2. The molecule has 0 fully saturated rings. The monoisotopic (exact) mass is 431 g/mol. The maximum absolute atomic E-state index is 13.6. The largest absolute Gasteiger partial charge is 0.497 e. The van der Waals surface area contributed by atoms with Gasteiger partial charge >= 0.3 is 5.69 Å². The molecular formula is C24H21N3O5. The summed E-state index contributed by atoms with van der Waals surface area (Å²) in [4.78, 5) is 39.7. The van der Waals surface area contributed by atoms with Crippen LogP contribution in [0.3, 0.4) is 0 Å². The van der Waals surface area contributed by atoms with Gasteiger partial charge in [-0.1, -0.05) is 24.3 Å². The zero-order chi connectivity index (χ0) is 22.7. The lowest BCUT2D eigenvalue weighted by Crippen LogP contribution is -2.42. The molecule has 1 atom stereocenters. The van der Waals surface area contributed by atoms with Crippen molar-refractivity contribution in [3.05, 3.63) is 91.1 Å². The molecule has 0 amide bonds. The topological polar surface area (TPSA) is 91.6 Å². The van der Waals surface area contributed by atoms with Crippen LogP contribution < -0.4 is 26.0 Å². The number of methoxy groups -OCH3 is 2. The van der Waals surface area contributed by atoms with Gasteiger partial charge in [0.25, 0.3) is 5.56 Å². The van der Waals surface area contributed by atoms with Crippen molar-refractivity contribution in [3.63, 3.8) is 0 Å². The number of fused-ring (bicyclic) bond motifs is 3. The predicted molar refractivity (Wildman–Crippen MR) is 120 cm³/mol. The van der Waals surface area contributed by atoms with E-state index in [1.165, 1.54) is 18.7 Å². The number of aromatic nitrogens is 2. The van der Waals surface area contributed by atoms with Crippen LogP contribution in [0.1, 0.15) is 33.0 Å². The van der Waals surface area contributed by atoms with Crippen molar-refractivity contribution in [2.45, 2.75) is 5.92 Å². The Hall–Kier alpha value is -4.07. The molecule has 0 saturated heterocycles. The molecule has 0 bridgehead atoms. The Morgan fingerprint density at radius 1 is 0.906 bits per heavy atom. The molecule has 3 aromatic rings. The van der Waals surface area contributed by atoms with Crippen molar-refractivity contribution >= 4 is 17.3 Å². The number of nitrogens with one attached hydrogen (secondary N) is 1. The molecule has 0 saturated carbocycles. The van der Waals surface area contributed by atoms with Gasteiger partial charge in [0.2, 0.25) is 0 Å². The van der Waals surface area contributed by atoms with E-state index in [2.05, 4.69) is 5.32 Å². The van der Waals surface area contributed by atoms with Gasteiger partial charge in [0.1, 0.15) is 17.3 Å². The van der Waals surface area contributed by atoms with Crippen molar-refractivity contribution in [1.82, 2.24) is 9.13 Å². The maximum atomic E-state index is 13.6. The van der Waals surface area contributed by atoms with Crippen LogP contribution in [0.2, 0.25) is 0 Å². The Kier molecular flexibility index (Phi) is 4.33. The average Bonchev–Trinajstić information content (AvgIpc) is 3.11. The zero-order valence-electron chi connectivity index (χ0n) is 18.1. The van der Waals surface area contributed by atoms with Gasteiger partial charge < -0.3 is 14.8 Å². The lowest BCUT2D eigenvalue weighted by atomic mass is 9.81. The summed E-state index contributed by atoms with van der Waals surface area (Å²) in [6, 6.07) is 12.5. The van der Waals surface area contributed by atoms with E-state index in [9.17, 15) is 14.4 Å². The summed E-state index contributed by atoms with van der Waals surface area (Å²) in [6.45, 7) is 0. The van der Waals surface area contributed by atoms with Crippen molar-refractivity contribution < 1.29 is 14.3 Å². The summed E-state index contributed by atoms with van der Waals surface area (Å²) in [5.41, 5.74) is 2.31. The number of carbonyl (C=O) groups excluding carboxylic acids is 1. The first-order valence-corrected chi connectivity index (χ1v) is 10.1. The number of carbonyl (C=O) groups is 1. The van der Waals surface area contributed by atoms with Gasteiger partial charge in [0.05, 0.1) is 31.4 Å². The normalized spacial score (nSPS) is 16.2. The summed E-state index contributed by atoms with van der Waals surface area (Å²) in [7, 11) is 6.11. The highest BCUT2D eigenvalue weighted by atomic mass is 16.5. The van der Waals surface area contributed by atoms with Gasteiger partial charge in [-0.3, -0.25) is 18.7 Å². The number of hydrogen-bond donors (Lipinski definition) is 1. The maximum Gasteiger partial charge on any atom is 0.332 e. The minimum absolute atomic E-state index is 0.167. The number of ketones is 1. The first kappa shape index (κ1) is 19.9. The van der Waals surface area contributed by atoms with Crippen LogP contribution in [0.4, 0.5) is 5.82 Å². The molecule has 8 heteroatoms. The van der Waals surface area contributed by atoms with Gasteiger partial charge in [-0.15, -0.1) is 0 Å². The van der Waals surface area contributed by atoms with E-state index in [4.69, 9.17) is 9.47 Å². The number of allylic oxidation sites excluding steroid dienone is 1. The van der Waals surface area contributed by atoms with Gasteiger partial charge in [-0.05, 0) is 18.2 Å². The summed E-state index contributed by atoms with van der Waals surface area (Å²) < 4.78 is 13.5. The van der Waals surface area contributed by atoms with Crippen molar-refractivity contribution in [2.24, 2.45) is 14.1 Å². The van der Waals surface area contributed by atoms with Gasteiger partial charge in [-0.2, -0.15) is 0 Å². The van der Waals surface area contributed by atoms with Gasteiger partial charge in [0.15, 0.2) is 5.78 Å². The van der Waals surface area contributed by atoms with Crippen LogP contribution in [-0.4, -0.2) is 29.1 Å². The number of ether oxygens (including phenoxy) is 2. The van der Waals surface area contributed by atoms with E-state index in [-0.39, 0.29) is 5.78 Å². The fraction of sp³-hybridized carbons (Fsp3) is 0.208. The standard InChI is InChI=1S/C24H21N3O5/c1-26-22-19(23(29)27(2)24(26)30)17(15-11-12(31-3)9-10-16(15)32-4)18-20(25-22)13-7-5-6-8-14(13)21(18)28/h5-11,17,25H,1-4H3. The molecule has 1 aliphatic carbocycles. The van der Waals surface area contributed by atoms with E-state index in [0.717, 1.165) is 10.1 Å². The van der Waals surface area contributed by atoms with E-state index >= 15 is 0 Å². The molecule has 1 aliphatic heterocycles. The second-order valence-electron chi connectivity index (χ2n) is 7.80. The highest BCUT2D eigenvalue weighted by Gasteiger charge is 2.43. The summed E-state index contributed by atoms with van der Waals surface area (Å²) in [5, 5.41) is 3.22. The van der Waals surface area contributed by atoms with Crippen LogP contribution in [0.25, 0.3) is 5.70 Å². The van der Waals surface area contributed by atoms with Crippen LogP contribution >= 0.6 is 0 Å². The molecule has 1 N–H and O–H groups in total. The third kappa shape index (κ3) is 2.52. The fourth-order valence-electron chi connectivity index (χ4n) is 4.63. The third-order valence-corrected chi connectivity index (χ3v) is 6.22. The Morgan fingerprint density at radius 2 is 1.62 bits per heavy atom. The van der Waals surface area contributed by atoms with Crippen molar-refractivity contribution in [1.29, 1.82) is 0 Å². The van der Waals surface area contributed by atoms with E-state index in [1.807, 2.05) is 12.1 Å². The molecule has 162 valence electrons. The Morgan fingerprint density at radius 3 is 2.31 bits per heavy atom. The SMILES string of the molecule is COc1ccc(OC)c(C2C3=C(Nc4c2c(=O)n(C)c(=O)n4C)c2ccccc2C3=O)c1. The zero-order valence-corrected chi connectivity index (χ0v) is 18.1. The summed E-state index contributed by atoms with van der Waals surface area (Å²) >= 11 is 0. The highest BCUT2D eigenvalue weighted by molar-refractivity contribution is 6.23. The lowest BCUT2D eigenvalue weighted by molar-refractivity contribution is 0.103. The van der Waals surface area contributed by atoms with Crippen molar-refractivity contribution in [3.8, 4) is 11.5 Å². The smallest absolute Gasteiger partial charge is 0.332 e. The Labute approximate surface area is 183 Å². The molecule has 0 radical (unpaired) electrons. The number of anilines is 1. The molecule has 5 rings (SSSR count). The fourth-order valence-corrected chi connectivity index (χ4v) is 4.63. The second-order valence-corrected chi connectivity index (χ2v) is 7.80. The average molecular weight is 431 g/mol. The summed E-state index contributed by atoms with van der Waals surface area (Å²) in [5.74, 6) is 0.509. The van der Waals surface area contributed by atoms with Crippen LogP contribution in [0.5, 0.6) is 11.5 Å². The highest BCUT2D eigenvalue weighted by Crippen LogP contribution is 2.50. The van der Waals surface area contributed by atoms with Gasteiger partial charge in [-0.25, -0.2) is 4.79 Å². The molecule has 1 aromatic heterocycles. The molecule has 32 heavy (non-hydrogen) atoms. The van der Waals surface area contributed by atoms with Crippen LogP contribution in [0.15, 0.2) is 57.6 Å². The Balaban J connectivity index is 1.92. The number of hydrogen-bond acceptors (Lipinski definition) is 6. The van der Waals surface area contributed by atoms with E-state index < -0.39 is 17.2 Å². The number of rotatable bonds is 3. The number of benzene rings is 2. The summed E-state index contributed by atoms with van der Waals surface area (Å²) in [6.07, 6.45) is 0. The molecule has 0 spiro atoms.